The first-order valence-electron chi connectivity index (χ1n) is 8.27. The molecule has 3 aromatic carbocycles. The van der Waals surface area contributed by atoms with Crippen molar-refractivity contribution in [2.45, 2.75) is 11.3 Å². The van der Waals surface area contributed by atoms with Crippen molar-refractivity contribution in [3.05, 3.63) is 66.2 Å². The Kier molecular flexibility index (Phi) is 4.41. The number of anilines is 1. The van der Waals surface area contributed by atoms with Gasteiger partial charge in [-0.2, -0.15) is 0 Å². The van der Waals surface area contributed by atoms with E-state index in [2.05, 4.69) is 10.3 Å². The summed E-state index contributed by atoms with van der Waals surface area (Å²) >= 11 is 1.43. The van der Waals surface area contributed by atoms with E-state index in [1.165, 1.54) is 23.5 Å². The number of hydrogen-bond acceptors (Lipinski definition) is 5. The van der Waals surface area contributed by atoms with Gasteiger partial charge >= 0.3 is 0 Å². The van der Waals surface area contributed by atoms with Gasteiger partial charge < -0.3 is 5.32 Å². The van der Waals surface area contributed by atoms with Gasteiger partial charge in [-0.1, -0.05) is 53.8 Å². The first-order chi connectivity index (χ1) is 12.9. The van der Waals surface area contributed by atoms with Crippen LogP contribution in [0.5, 0.6) is 0 Å². The number of thiazole rings is 1. The van der Waals surface area contributed by atoms with Crippen molar-refractivity contribution < 1.29 is 13.2 Å². The Morgan fingerprint density at radius 3 is 2.52 bits per heavy atom. The number of rotatable bonds is 4. The van der Waals surface area contributed by atoms with Crippen LogP contribution in [0.25, 0.3) is 21.0 Å². The highest BCUT2D eigenvalue weighted by atomic mass is 32.2. The van der Waals surface area contributed by atoms with Gasteiger partial charge in [0.25, 0.3) is 0 Å². The van der Waals surface area contributed by atoms with Gasteiger partial charge in [0.15, 0.2) is 15.0 Å². The molecule has 1 amide bonds. The molecule has 7 heteroatoms. The van der Waals surface area contributed by atoms with Crippen LogP contribution < -0.4 is 5.32 Å². The average Bonchev–Trinajstić information content (AvgIpc) is 3.04. The maximum atomic E-state index is 12.3. The second-order valence-corrected chi connectivity index (χ2v) is 9.34. The maximum Gasteiger partial charge on any atom is 0.230 e. The number of nitrogens with one attached hydrogen (secondary N) is 1. The lowest BCUT2D eigenvalue weighted by atomic mass is 10.1. The van der Waals surface area contributed by atoms with Crippen molar-refractivity contribution >= 4 is 53.2 Å². The van der Waals surface area contributed by atoms with Crippen LogP contribution in [0.4, 0.5) is 5.13 Å². The number of benzene rings is 3. The number of sulfone groups is 1. The number of amides is 1. The number of carbonyl (C=O) groups is 1. The van der Waals surface area contributed by atoms with E-state index in [-0.39, 0.29) is 17.2 Å². The summed E-state index contributed by atoms with van der Waals surface area (Å²) in [5, 5.41) is 5.56. The van der Waals surface area contributed by atoms with Crippen molar-refractivity contribution in [1.29, 1.82) is 0 Å². The molecule has 136 valence electrons. The van der Waals surface area contributed by atoms with Gasteiger partial charge in [0, 0.05) is 11.6 Å². The number of aromatic nitrogens is 1. The summed E-state index contributed by atoms with van der Waals surface area (Å²) in [6, 6.07) is 18.4. The fourth-order valence-electron chi connectivity index (χ4n) is 2.92. The largest absolute Gasteiger partial charge is 0.302 e. The van der Waals surface area contributed by atoms with Crippen molar-refractivity contribution in [2.24, 2.45) is 0 Å². The van der Waals surface area contributed by atoms with E-state index in [1.54, 1.807) is 12.1 Å². The van der Waals surface area contributed by atoms with Crippen LogP contribution in [-0.2, 0) is 21.1 Å². The fraction of sp³-hybridized carbons (Fsp3) is 0.100. The minimum absolute atomic E-state index is 0.153. The average molecular weight is 396 g/mol. The summed E-state index contributed by atoms with van der Waals surface area (Å²) in [4.78, 5) is 17.2. The molecule has 1 heterocycles. The number of fused-ring (bicyclic) bond motifs is 3. The molecule has 4 rings (SSSR count). The minimum atomic E-state index is -3.24. The summed E-state index contributed by atoms with van der Waals surface area (Å²) < 4.78 is 24.0. The molecule has 1 aromatic heterocycles. The van der Waals surface area contributed by atoms with Crippen molar-refractivity contribution in [2.75, 3.05) is 11.6 Å². The Hall–Kier alpha value is -2.77. The molecule has 0 aliphatic heterocycles. The smallest absolute Gasteiger partial charge is 0.230 e. The van der Waals surface area contributed by atoms with E-state index < -0.39 is 9.84 Å². The predicted octanol–water partition coefficient (Wildman–Crippen LogP) is 4.03. The topological polar surface area (TPSA) is 76.1 Å². The highest BCUT2D eigenvalue weighted by molar-refractivity contribution is 7.90. The van der Waals surface area contributed by atoms with E-state index in [9.17, 15) is 13.2 Å². The minimum Gasteiger partial charge on any atom is -0.302 e. The number of hydrogen-bond donors (Lipinski definition) is 1. The fourth-order valence-corrected chi connectivity index (χ4v) is 4.45. The summed E-state index contributed by atoms with van der Waals surface area (Å²) in [6.45, 7) is 0. The first kappa shape index (κ1) is 17.6. The van der Waals surface area contributed by atoms with Gasteiger partial charge in [0.1, 0.15) is 0 Å². The second kappa shape index (κ2) is 6.75. The molecule has 0 saturated carbocycles. The molecule has 0 aliphatic rings. The lowest BCUT2D eigenvalue weighted by molar-refractivity contribution is -0.115. The monoisotopic (exact) mass is 396 g/mol. The highest BCUT2D eigenvalue weighted by Crippen LogP contribution is 2.31. The zero-order chi connectivity index (χ0) is 19.0. The molecule has 0 fully saturated rings. The van der Waals surface area contributed by atoms with Gasteiger partial charge in [-0.3, -0.25) is 4.79 Å². The lowest BCUT2D eigenvalue weighted by Gasteiger charge is -2.03. The quantitative estimate of drug-likeness (QED) is 0.565. The zero-order valence-corrected chi connectivity index (χ0v) is 16.1. The van der Waals surface area contributed by atoms with Crippen LogP contribution in [0.2, 0.25) is 0 Å². The third kappa shape index (κ3) is 3.70. The van der Waals surface area contributed by atoms with Crippen molar-refractivity contribution in [3.8, 4) is 0 Å². The summed E-state index contributed by atoms with van der Waals surface area (Å²) in [5.74, 6) is -0.189. The van der Waals surface area contributed by atoms with Gasteiger partial charge in [-0.05, 0) is 29.1 Å². The Morgan fingerprint density at radius 1 is 1.04 bits per heavy atom. The van der Waals surface area contributed by atoms with Crippen LogP contribution in [-0.4, -0.2) is 25.6 Å². The highest BCUT2D eigenvalue weighted by Gasteiger charge is 2.12. The first-order valence-corrected chi connectivity index (χ1v) is 11.0. The Labute approximate surface area is 160 Å². The molecular formula is C20H16N2O3S2. The van der Waals surface area contributed by atoms with Gasteiger partial charge in [-0.15, -0.1) is 0 Å². The Balaban J connectivity index is 1.53. The van der Waals surface area contributed by atoms with Gasteiger partial charge in [0.2, 0.25) is 5.91 Å². The van der Waals surface area contributed by atoms with Crippen LogP contribution in [0.3, 0.4) is 0 Å². The van der Waals surface area contributed by atoms with E-state index >= 15 is 0 Å². The van der Waals surface area contributed by atoms with E-state index in [0.29, 0.717) is 5.13 Å². The van der Waals surface area contributed by atoms with Crippen LogP contribution >= 0.6 is 11.3 Å². The summed E-state index contributed by atoms with van der Waals surface area (Å²) in [7, 11) is -3.24. The van der Waals surface area contributed by atoms with Crippen LogP contribution in [0.15, 0.2) is 65.6 Å². The summed E-state index contributed by atoms with van der Waals surface area (Å²) in [6.07, 6.45) is 1.31. The molecule has 0 atom stereocenters. The third-order valence-corrected chi connectivity index (χ3v) is 6.31. The molecule has 1 N–H and O–H groups in total. The normalized spacial score (nSPS) is 11.7. The standard InChI is InChI=1S/C20H16N2O3S2/c1-27(24,25)15-9-6-13(7-10-15)12-18(23)21-20-22-19-16-5-3-2-4-14(16)8-11-17(19)26-20/h2-11H,12H2,1H3,(H,21,22,23). The molecule has 0 spiro atoms. The number of carbonyl (C=O) groups excluding carboxylic acids is 1. The Morgan fingerprint density at radius 2 is 1.78 bits per heavy atom. The van der Waals surface area contributed by atoms with E-state index in [0.717, 1.165) is 32.8 Å². The molecule has 0 saturated heterocycles. The summed E-state index contributed by atoms with van der Waals surface area (Å²) in [5.41, 5.74) is 1.62. The molecule has 0 aliphatic carbocycles. The SMILES string of the molecule is CS(=O)(=O)c1ccc(CC(=O)Nc2nc3c(ccc4ccccc43)s2)cc1. The van der Waals surface area contributed by atoms with Gasteiger partial charge in [-0.25, -0.2) is 13.4 Å². The molecule has 5 nitrogen and oxygen atoms in total. The molecule has 27 heavy (non-hydrogen) atoms. The predicted molar refractivity (Wildman–Crippen MR) is 109 cm³/mol. The maximum absolute atomic E-state index is 12.3. The zero-order valence-electron chi connectivity index (χ0n) is 14.5. The van der Waals surface area contributed by atoms with Crippen molar-refractivity contribution in [1.82, 2.24) is 4.98 Å². The van der Waals surface area contributed by atoms with E-state index in [1.807, 2.05) is 36.4 Å². The lowest BCUT2D eigenvalue weighted by Crippen LogP contribution is -2.14. The number of nitrogens with zero attached hydrogens (tertiary/aromatic N) is 1. The van der Waals surface area contributed by atoms with E-state index in [4.69, 9.17) is 0 Å². The molecule has 0 bridgehead atoms. The molecule has 0 unspecified atom stereocenters. The second-order valence-electron chi connectivity index (χ2n) is 6.29. The van der Waals surface area contributed by atoms with Crippen LogP contribution in [0, 0.1) is 0 Å². The van der Waals surface area contributed by atoms with Crippen LogP contribution in [0.1, 0.15) is 5.56 Å². The Bertz CT molecular complexity index is 1260. The molecule has 0 radical (unpaired) electrons. The molecular weight excluding hydrogens is 380 g/mol. The molecule has 4 aromatic rings. The third-order valence-electron chi connectivity index (χ3n) is 4.25. The van der Waals surface area contributed by atoms with Gasteiger partial charge in [0.05, 0.1) is 21.5 Å². The van der Waals surface area contributed by atoms with Crippen molar-refractivity contribution in [3.63, 3.8) is 0 Å².